The van der Waals surface area contributed by atoms with Gasteiger partial charge in [0.15, 0.2) is 0 Å². The van der Waals surface area contributed by atoms with Gasteiger partial charge in [-0.15, -0.1) is 0 Å². The SMILES string of the molecule is CNC(=O)NC(=O)[C@@H](C)SC1=C(C#N)C(C)(C)[C@H](C#N)C(=O)N1. The predicted molar refractivity (Wildman–Crippen MR) is 83.3 cm³/mol. The van der Waals surface area contributed by atoms with Crippen molar-refractivity contribution in [3.8, 4) is 12.1 Å². The zero-order valence-corrected chi connectivity index (χ0v) is 14.0. The molecule has 0 saturated carbocycles. The van der Waals surface area contributed by atoms with Gasteiger partial charge < -0.3 is 10.6 Å². The Kier molecular flexibility index (Phi) is 5.77. The van der Waals surface area contributed by atoms with Gasteiger partial charge in [-0.1, -0.05) is 25.6 Å². The van der Waals surface area contributed by atoms with Crippen molar-refractivity contribution in [3.05, 3.63) is 10.6 Å². The molecule has 0 bridgehead atoms. The largest absolute Gasteiger partial charge is 0.341 e. The molecule has 0 aliphatic carbocycles. The Morgan fingerprint density at radius 3 is 2.48 bits per heavy atom. The Morgan fingerprint density at radius 2 is 2.00 bits per heavy atom. The molecule has 0 aromatic heterocycles. The molecule has 23 heavy (non-hydrogen) atoms. The van der Waals surface area contributed by atoms with Crippen molar-refractivity contribution in [1.29, 1.82) is 10.5 Å². The molecule has 1 rings (SSSR count). The normalized spacial score (nSPS) is 20.6. The first-order valence-electron chi connectivity index (χ1n) is 6.73. The fourth-order valence-electron chi connectivity index (χ4n) is 2.02. The highest BCUT2D eigenvalue weighted by Crippen LogP contribution is 2.42. The molecule has 122 valence electrons. The van der Waals surface area contributed by atoms with Gasteiger partial charge in [-0.05, 0) is 6.92 Å². The maximum atomic E-state index is 12.0. The van der Waals surface area contributed by atoms with E-state index in [1.54, 1.807) is 20.8 Å². The molecule has 0 aromatic carbocycles. The predicted octanol–water partition coefficient (Wildman–Crippen LogP) is 0.595. The molecule has 0 saturated heterocycles. The van der Waals surface area contributed by atoms with Crippen LogP contribution in [0.15, 0.2) is 10.6 Å². The van der Waals surface area contributed by atoms with E-state index >= 15 is 0 Å². The summed E-state index contributed by atoms with van der Waals surface area (Å²) in [4.78, 5) is 35.1. The van der Waals surface area contributed by atoms with E-state index in [1.165, 1.54) is 7.05 Å². The Balaban J connectivity index is 3.06. The van der Waals surface area contributed by atoms with Crippen LogP contribution in [0.25, 0.3) is 0 Å². The first kappa shape index (κ1) is 18.5. The second kappa shape index (κ2) is 7.16. The number of hydrogen-bond donors (Lipinski definition) is 3. The lowest BCUT2D eigenvalue weighted by Crippen LogP contribution is -2.46. The average Bonchev–Trinajstić information content (AvgIpc) is 2.46. The van der Waals surface area contributed by atoms with E-state index in [1.807, 2.05) is 12.1 Å². The topological polar surface area (TPSA) is 135 Å². The van der Waals surface area contributed by atoms with Crippen LogP contribution < -0.4 is 16.0 Å². The zero-order valence-electron chi connectivity index (χ0n) is 13.2. The lowest BCUT2D eigenvalue weighted by atomic mass is 9.72. The van der Waals surface area contributed by atoms with Gasteiger partial charge in [0.05, 0.1) is 28.0 Å². The maximum Gasteiger partial charge on any atom is 0.321 e. The number of carbonyl (C=O) groups excluding carboxylic acids is 3. The molecule has 1 aliphatic heterocycles. The monoisotopic (exact) mass is 335 g/mol. The van der Waals surface area contributed by atoms with Gasteiger partial charge in [0.2, 0.25) is 11.8 Å². The van der Waals surface area contributed by atoms with Crippen molar-refractivity contribution in [2.45, 2.75) is 26.0 Å². The number of nitrogens with one attached hydrogen (secondary N) is 3. The second-order valence-corrected chi connectivity index (χ2v) is 6.77. The Morgan fingerprint density at radius 1 is 1.39 bits per heavy atom. The van der Waals surface area contributed by atoms with Gasteiger partial charge >= 0.3 is 6.03 Å². The molecule has 1 heterocycles. The van der Waals surface area contributed by atoms with Crippen LogP contribution in [0.1, 0.15) is 20.8 Å². The van der Waals surface area contributed by atoms with E-state index in [0.29, 0.717) is 0 Å². The molecular formula is C14H17N5O3S. The first-order valence-corrected chi connectivity index (χ1v) is 7.61. The van der Waals surface area contributed by atoms with Gasteiger partial charge in [-0.25, -0.2) is 4.79 Å². The summed E-state index contributed by atoms with van der Waals surface area (Å²) in [5.41, 5.74) is -0.737. The minimum absolute atomic E-state index is 0.230. The third-order valence-electron chi connectivity index (χ3n) is 3.46. The third kappa shape index (κ3) is 3.82. The summed E-state index contributed by atoms with van der Waals surface area (Å²) in [5, 5.41) is 24.9. The number of rotatable bonds is 3. The van der Waals surface area contributed by atoms with Crippen molar-refractivity contribution >= 4 is 29.6 Å². The molecule has 0 aromatic rings. The van der Waals surface area contributed by atoms with Crippen LogP contribution in [0.4, 0.5) is 4.79 Å². The molecule has 8 nitrogen and oxygen atoms in total. The number of urea groups is 1. The molecule has 0 spiro atoms. The lowest BCUT2D eigenvalue weighted by Gasteiger charge is -2.35. The standard InChI is InChI=1S/C14H17N5O3S/c1-7(10(20)19-13(22)17-4)23-12-9(6-16)14(2,3)8(5-15)11(21)18-12/h7-8H,1-4H3,(H,18,21)(H2,17,19,20,22)/t7-,8-/m1/s1. The van der Waals surface area contributed by atoms with Gasteiger partial charge in [0.1, 0.15) is 5.92 Å². The molecule has 3 N–H and O–H groups in total. The number of nitrogens with zero attached hydrogens (tertiary/aromatic N) is 2. The number of imide groups is 1. The summed E-state index contributed by atoms with van der Waals surface area (Å²) in [6.07, 6.45) is 0. The van der Waals surface area contributed by atoms with Crippen molar-refractivity contribution in [3.63, 3.8) is 0 Å². The molecule has 0 unspecified atom stereocenters. The summed E-state index contributed by atoms with van der Waals surface area (Å²) in [7, 11) is 1.38. The number of allylic oxidation sites excluding steroid dienone is 1. The lowest BCUT2D eigenvalue weighted by molar-refractivity contribution is -0.125. The summed E-state index contributed by atoms with van der Waals surface area (Å²) >= 11 is 0.956. The van der Waals surface area contributed by atoms with Crippen LogP contribution in [0.3, 0.4) is 0 Å². The zero-order chi connectivity index (χ0) is 17.8. The fraction of sp³-hybridized carbons (Fsp3) is 0.500. The van der Waals surface area contributed by atoms with E-state index in [0.717, 1.165) is 11.8 Å². The Labute approximate surface area is 138 Å². The summed E-state index contributed by atoms with van der Waals surface area (Å²) < 4.78 is 0. The molecule has 0 radical (unpaired) electrons. The number of amides is 4. The summed E-state index contributed by atoms with van der Waals surface area (Å²) in [5.74, 6) is -2.07. The van der Waals surface area contributed by atoms with Crippen LogP contribution in [0.5, 0.6) is 0 Å². The number of nitriles is 2. The van der Waals surface area contributed by atoms with Gasteiger partial charge in [-0.3, -0.25) is 14.9 Å². The van der Waals surface area contributed by atoms with Crippen molar-refractivity contribution in [1.82, 2.24) is 16.0 Å². The van der Waals surface area contributed by atoms with Crippen LogP contribution >= 0.6 is 11.8 Å². The molecule has 4 amide bonds. The van der Waals surface area contributed by atoms with Crippen LogP contribution in [-0.4, -0.2) is 30.1 Å². The average molecular weight is 335 g/mol. The van der Waals surface area contributed by atoms with Crippen LogP contribution in [0, 0.1) is 34.0 Å². The summed E-state index contributed by atoms with van der Waals surface area (Å²) in [6, 6.07) is 3.26. The van der Waals surface area contributed by atoms with E-state index < -0.39 is 34.4 Å². The van der Waals surface area contributed by atoms with E-state index in [4.69, 9.17) is 5.26 Å². The van der Waals surface area contributed by atoms with Crippen LogP contribution in [0.2, 0.25) is 0 Å². The van der Waals surface area contributed by atoms with Gasteiger partial charge in [-0.2, -0.15) is 10.5 Å². The Bertz CT molecular complexity index is 656. The van der Waals surface area contributed by atoms with Crippen LogP contribution in [-0.2, 0) is 9.59 Å². The number of thioether (sulfide) groups is 1. The molecule has 0 fully saturated rings. The Hall–Kier alpha value is -2.52. The minimum atomic E-state index is -0.989. The minimum Gasteiger partial charge on any atom is -0.341 e. The van der Waals surface area contributed by atoms with Gasteiger partial charge in [0, 0.05) is 12.5 Å². The highest BCUT2D eigenvalue weighted by atomic mass is 32.2. The van der Waals surface area contributed by atoms with E-state index in [9.17, 15) is 19.6 Å². The number of hydrogen-bond acceptors (Lipinski definition) is 6. The first-order chi connectivity index (χ1) is 10.7. The molecular weight excluding hydrogens is 318 g/mol. The van der Waals surface area contributed by atoms with E-state index in [2.05, 4.69) is 16.0 Å². The van der Waals surface area contributed by atoms with Crippen molar-refractivity contribution in [2.75, 3.05) is 7.05 Å². The third-order valence-corrected chi connectivity index (χ3v) is 4.57. The maximum absolute atomic E-state index is 12.0. The van der Waals surface area contributed by atoms with Gasteiger partial charge in [0.25, 0.3) is 0 Å². The highest BCUT2D eigenvalue weighted by molar-refractivity contribution is 8.04. The smallest absolute Gasteiger partial charge is 0.321 e. The van der Waals surface area contributed by atoms with E-state index in [-0.39, 0.29) is 10.6 Å². The molecule has 1 aliphatic rings. The highest BCUT2D eigenvalue weighted by Gasteiger charge is 2.45. The quantitative estimate of drug-likeness (QED) is 0.691. The summed E-state index contributed by atoms with van der Waals surface area (Å²) in [6.45, 7) is 4.81. The van der Waals surface area contributed by atoms with Crippen molar-refractivity contribution in [2.24, 2.45) is 11.3 Å². The molecule has 2 atom stereocenters. The fourth-order valence-corrected chi connectivity index (χ4v) is 3.13. The second-order valence-electron chi connectivity index (χ2n) is 5.42. The number of carbonyl (C=O) groups is 3. The van der Waals surface area contributed by atoms with Crippen molar-refractivity contribution < 1.29 is 14.4 Å². The molecule has 9 heteroatoms.